The molecule has 0 saturated carbocycles. The van der Waals surface area contributed by atoms with Crippen molar-refractivity contribution in [3.63, 3.8) is 0 Å². The predicted molar refractivity (Wildman–Crippen MR) is 182 cm³/mol. The van der Waals surface area contributed by atoms with Crippen LogP contribution in [-0.2, 0) is 0 Å². The summed E-state index contributed by atoms with van der Waals surface area (Å²) in [6.45, 7) is 9.63. The Morgan fingerprint density at radius 2 is 0.538 bits per heavy atom. The van der Waals surface area contributed by atoms with Crippen LogP contribution >= 0.6 is 0 Å². The van der Waals surface area contributed by atoms with E-state index in [0.717, 1.165) is 0 Å². The van der Waals surface area contributed by atoms with Crippen molar-refractivity contribution in [1.29, 1.82) is 0 Å². The molecule has 0 aromatic rings. The number of rotatable bonds is 32. The molecular formula is C39H76. The summed E-state index contributed by atoms with van der Waals surface area (Å²) >= 11 is 0. The molecule has 0 aromatic carbocycles. The molecular weight excluding hydrogens is 468 g/mol. The fourth-order valence-electron chi connectivity index (χ4n) is 5.83. The molecule has 0 fully saturated rings. The first-order chi connectivity index (χ1) is 19.1. The standard InChI is InChI=1S/C39H76/c1-5-7-9-11-13-15-17-19-21-23-25-27-29-31-33-35-37-39(3,4)38-36-34-32-30-28-26-24-22-20-18-16-14-12-10-8-6-2/h19-22H,5-18,23-38H2,1-4H3/b21-19-,22-20-. The van der Waals surface area contributed by atoms with Crippen molar-refractivity contribution in [2.45, 2.75) is 220 Å². The largest absolute Gasteiger partial charge is 0.0885 e. The molecule has 0 rings (SSSR count). The van der Waals surface area contributed by atoms with Crippen LogP contribution in [0.4, 0.5) is 0 Å². The van der Waals surface area contributed by atoms with Crippen molar-refractivity contribution in [3.8, 4) is 0 Å². The zero-order chi connectivity index (χ0) is 28.5. The van der Waals surface area contributed by atoms with E-state index in [2.05, 4.69) is 52.0 Å². The van der Waals surface area contributed by atoms with Crippen molar-refractivity contribution in [1.82, 2.24) is 0 Å². The van der Waals surface area contributed by atoms with Crippen LogP contribution in [0.2, 0.25) is 0 Å². The highest BCUT2D eigenvalue weighted by atomic mass is 14.2. The predicted octanol–water partition coefficient (Wildman–Crippen LogP) is 14.9. The van der Waals surface area contributed by atoms with Crippen LogP contribution < -0.4 is 0 Å². The topological polar surface area (TPSA) is 0 Å². The molecule has 0 radical (unpaired) electrons. The summed E-state index contributed by atoms with van der Waals surface area (Å²) in [5, 5.41) is 0. The Morgan fingerprint density at radius 3 is 0.821 bits per heavy atom. The van der Waals surface area contributed by atoms with Crippen molar-refractivity contribution < 1.29 is 0 Å². The molecule has 0 aliphatic heterocycles. The number of allylic oxidation sites excluding steroid dienone is 4. The molecule has 39 heavy (non-hydrogen) atoms. The van der Waals surface area contributed by atoms with E-state index >= 15 is 0 Å². The van der Waals surface area contributed by atoms with Gasteiger partial charge < -0.3 is 0 Å². The van der Waals surface area contributed by atoms with E-state index in [1.54, 1.807) is 0 Å². The lowest BCUT2D eigenvalue weighted by Crippen LogP contribution is -2.11. The molecule has 0 unspecified atom stereocenters. The summed E-state index contributed by atoms with van der Waals surface area (Å²) in [6.07, 6.45) is 52.1. The minimum absolute atomic E-state index is 0.557. The molecule has 0 bridgehead atoms. The molecule has 0 N–H and O–H groups in total. The van der Waals surface area contributed by atoms with E-state index in [1.165, 1.54) is 193 Å². The zero-order valence-corrected chi connectivity index (χ0v) is 28.0. The second-order valence-electron chi connectivity index (χ2n) is 13.5. The molecule has 0 atom stereocenters. The van der Waals surface area contributed by atoms with Crippen molar-refractivity contribution in [2.24, 2.45) is 5.41 Å². The van der Waals surface area contributed by atoms with Gasteiger partial charge >= 0.3 is 0 Å². The minimum atomic E-state index is 0.557. The third-order valence-corrected chi connectivity index (χ3v) is 8.73. The van der Waals surface area contributed by atoms with Gasteiger partial charge in [0.2, 0.25) is 0 Å². The van der Waals surface area contributed by atoms with E-state index < -0.39 is 0 Å². The molecule has 0 aromatic heterocycles. The van der Waals surface area contributed by atoms with Gasteiger partial charge in [-0.2, -0.15) is 0 Å². The average molecular weight is 545 g/mol. The SMILES string of the molecule is CCCCCCCC/C=C\CCCCCCCCC(C)(C)CCCCCCCC/C=C\CCCCCCCC. The molecule has 0 heteroatoms. The fourth-order valence-corrected chi connectivity index (χ4v) is 5.83. The molecule has 232 valence electrons. The van der Waals surface area contributed by atoms with Crippen molar-refractivity contribution >= 4 is 0 Å². The van der Waals surface area contributed by atoms with Crippen molar-refractivity contribution in [3.05, 3.63) is 24.3 Å². The van der Waals surface area contributed by atoms with E-state index in [0.29, 0.717) is 5.41 Å². The third-order valence-electron chi connectivity index (χ3n) is 8.73. The van der Waals surface area contributed by atoms with Gasteiger partial charge in [0.1, 0.15) is 0 Å². The molecule has 0 heterocycles. The number of unbranched alkanes of at least 4 members (excludes halogenated alkanes) is 24. The van der Waals surface area contributed by atoms with Crippen LogP contribution in [0.3, 0.4) is 0 Å². The second-order valence-corrected chi connectivity index (χ2v) is 13.5. The lowest BCUT2D eigenvalue weighted by molar-refractivity contribution is 0.282. The monoisotopic (exact) mass is 545 g/mol. The maximum absolute atomic E-state index is 2.52. The van der Waals surface area contributed by atoms with Gasteiger partial charge in [-0.1, -0.05) is 180 Å². The second kappa shape index (κ2) is 32.0. The van der Waals surface area contributed by atoms with Crippen LogP contribution in [0, 0.1) is 5.41 Å². The van der Waals surface area contributed by atoms with Gasteiger partial charge in [0.05, 0.1) is 0 Å². The summed E-state index contributed by atoms with van der Waals surface area (Å²) in [4.78, 5) is 0. The van der Waals surface area contributed by atoms with E-state index in [1.807, 2.05) is 0 Å². The molecule has 0 nitrogen and oxygen atoms in total. The van der Waals surface area contributed by atoms with Crippen LogP contribution in [0.15, 0.2) is 24.3 Å². The van der Waals surface area contributed by atoms with Crippen LogP contribution in [0.25, 0.3) is 0 Å². The first-order valence-electron chi connectivity index (χ1n) is 18.4. The smallest absolute Gasteiger partial charge is 0.0351 e. The lowest BCUT2D eigenvalue weighted by Gasteiger charge is -2.24. The quantitative estimate of drug-likeness (QED) is 0.0583. The Morgan fingerprint density at radius 1 is 0.308 bits per heavy atom. The highest BCUT2D eigenvalue weighted by Gasteiger charge is 2.16. The normalized spacial score (nSPS) is 12.4. The first-order valence-corrected chi connectivity index (χ1v) is 18.4. The highest BCUT2D eigenvalue weighted by molar-refractivity contribution is 4.82. The van der Waals surface area contributed by atoms with Crippen LogP contribution in [0.5, 0.6) is 0 Å². The van der Waals surface area contributed by atoms with Gasteiger partial charge in [0.15, 0.2) is 0 Å². The summed E-state index contributed by atoms with van der Waals surface area (Å²) in [5.41, 5.74) is 0.557. The fraction of sp³-hybridized carbons (Fsp3) is 0.897. The first kappa shape index (κ1) is 38.5. The van der Waals surface area contributed by atoms with Gasteiger partial charge in [-0.3, -0.25) is 0 Å². The van der Waals surface area contributed by atoms with Gasteiger partial charge in [-0.25, -0.2) is 0 Å². The highest BCUT2D eigenvalue weighted by Crippen LogP contribution is 2.30. The molecule has 0 aliphatic rings. The molecule has 0 spiro atoms. The summed E-state index contributed by atoms with van der Waals surface area (Å²) in [6, 6.07) is 0. The minimum Gasteiger partial charge on any atom is -0.0885 e. The van der Waals surface area contributed by atoms with Crippen LogP contribution in [0.1, 0.15) is 220 Å². The average Bonchev–Trinajstić information content (AvgIpc) is 2.92. The lowest BCUT2D eigenvalue weighted by atomic mass is 9.82. The van der Waals surface area contributed by atoms with E-state index in [4.69, 9.17) is 0 Å². The van der Waals surface area contributed by atoms with Gasteiger partial charge in [0.25, 0.3) is 0 Å². The Kier molecular flexibility index (Phi) is 31.6. The summed E-state index contributed by atoms with van der Waals surface area (Å²) in [5.74, 6) is 0. The number of hydrogen-bond donors (Lipinski definition) is 0. The Balaban J connectivity index is 3.36. The van der Waals surface area contributed by atoms with Gasteiger partial charge in [-0.15, -0.1) is 0 Å². The van der Waals surface area contributed by atoms with Gasteiger partial charge in [-0.05, 0) is 69.6 Å². The molecule has 0 saturated heterocycles. The Labute approximate surface area is 249 Å². The van der Waals surface area contributed by atoms with Gasteiger partial charge in [0, 0.05) is 0 Å². The maximum atomic E-state index is 2.52. The van der Waals surface area contributed by atoms with E-state index in [9.17, 15) is 0 Å². The molecule has 0 amide bonds. The molecule has 0 aliphatic carbocycles. The third kappa shape index (κ3) is 33.6. The van der Waals surface area contributed by atoms with Crippen LogP contribution in [-0.4, -0.2) is 0 Å². The maximum Gasteiger partial charge on any atom is -0.0351 e. The zero-order valence-electron chi connectivity index (χ0n) is 28.0. The number of hydrogen-bond acceptors (Lipinski definition) is 0. The Hall–Kier alpha value is -0.520. The summed E-state index contributed by atoms with van der Waals surface area (Å²) < 4.78 is 0. The summed E-state index contributed by atoms with van der Waals surface area (Å²) in [7, 11) is 0. The Bertz CT molecular complexity index is 452. The van der Waals surface area contributed by atoms with E-state index in [-0.39, 0.29) is 0 Å². The van der Waals surface area contributed by atoms with Crippen molar-refractivity contribution in [2.75, 3.05) is 0 Å².